The zero-order valence-electron chi connectivity index (χ0n) is 16.2. The number of fused-ring (bicyclic) bond motifs is 1. The van der Waals surface area contributed by atoms with Crippen molar-refractivity contribution in [2.45, 2.75) is 51.0 Å². The van der Waals surface area contributed by atoms with Crippen molar-refractivity contribution < 1.29 is 9.90 Å². The first-order valence-electron chi connectivity index (χ1n) is 10.1. The van der Waals surface area contributed by atoms with Gasteiger partial charge in [-0.25, -0.2) is 0 Å². The van der Waals surface area contributed by atoms with Gasteiger partial charge in [0.15, 0.2) is 5.78 Å². The zero-order chi connectivity index (χ0) is 19.7. The molecule has 3 nitrogen and oxygen atoms in total. The Bertz CT molecular complexity index is 995. The molecule has 2 atom stereocenters. The molecule has 4 heteroatoms. The van der Waals surface area contributed by atoms with Gasteiger partial charge in [0.25, 0.3) is 0 Å². The molecule has 4 rings (SSSR count). The Balaban J connectivity index is 1.66. The maximum absolute atomic E-state index is 13.1. The van der Waals surface area contributed by atoms with Crippen molar-refractivity contribution in [2.75, 3.05) is 0 Å². The lowest BCUT2D eigenvalue weighted by atomic mass is 9.76. The molecule has 3 aromatic rings. The average Bonchev–Trinajstić information content (AvgIpc) is 3.08. The maximum Gasteiger partial charge on any atom is 0.165 e. The van der Waals surface area contributed by atoms with Gasteiger partial charge in [-0.1, -0.05) is 61.7 Å². The van der Waals surface area contributed by atoms with Gasteiger partial charge in [-0.05, 0) is 48.9 Å². The fourth-order valence-electron chi connectivity index (χ4n) is 4.60. The predicted molar refractivity (Wildman–Crippen MR) is 114 cm³/mol. The van der Waals surface area contributed by atoms with E-state index in [0.29, 0.717) is 29.3 Å². The summed E-state index contributed by atoms with van der Waals surface area (Å²) in [5.41, 5.74) is 2.66. The molecule has 2 unspecified atom stereocenters. The SMILES string of the molecule is CC1CCCC(O)(CCC(=O)c2cc(-c3ccccc3)n3cccc(Cl)c23)C1. The molecule has 0 aliphatic heterocycles. The highest BCUT2D eigenvalue weighted by molar-refractivity contribution is 6.35. The summed E-state index contributed by atoms with van der Waals surface area (Å²) in [5.74, 6) is 0.558. The zero-order valence-corrected chi connectivity index (χ0v) is 17.0. The number of benzene rings is 1. The number of ketones is 1. The number of aliphatic hydroxyl groups is 1. The summed E-state index contributed by atoms with van der Waals surface area (Å²) >= 11 is 6.48. The number of nitrogens with zero attached hydrogens (tertiary/aromatic N) is 1. The average molecular weight is 396 g/mol. The number of Topliss-reactive ketones (excluding diaryl/α,β-unsaturated/α-hetero) is 1. The van der Waals surface area contributed by atoms with Crippen LogP contribution in [0.4, 0.5) is 0 Å². The van der Waals surface area contributed by atoms with Gasteiger partial charge in [0.05, 0.1) is 21.8 Å². The molecule has 1 aliphatic rings. The molecular weight excluding hydrogens is 370 g/mol. The number of pyridine rings is 1. The second-order valence-corrected chi connectivity index (χ2v) is 8.64. The van der Waals surface area contributed by atoms with E-state index in [4.69, 9.17) is 11.6 Å². The molecule has 0 radical (unpaired) electrons. The summed E-state index contributed by atoms with van der Waals surface area (Å²) < 4.78 is 1.99. The van der Waals surface area contributed by atoms with Crippen LogP contribution in [0.2, 0.25) is 5.02 Å². The van der Waals surface area contributed by atoms with Crippen molar-refractivity contribution in [1.82, 2.24) is 4.40 Å². The van der Waals surface area contributed by atoms with E-state index in [1.165, 1.54) is 0 Å². The number of halogens is 1. The molecule has 1 N–H and O–H groups in total. The Labute approximate surface area is 171 Å². The first-order chi connectivity index (χ1) is 13.5. The summed E-state index contributed by atoms with van der Waals surface area (Å²) in [6, 6.07) is 15.7. The summed E-state index contributed by atoms with van der Waals surface area (Å²) in [4.78, 5) is 13.1. The van der Waals surface area contributed by atoms with Crippen LogP contribution < -0.4 is 0 Å². The maximum atomic E-state index is 13.1. The van der Waals surface area contributed by atoms with Crippen LogP contribution >= 0.6 is 11.6 Å². The molecule has 0 bridgehead atoms. The molecule has 1 saturated carbocycles. The number of carbonyl (C=O) groups is 1. The van der Waals surface area contributed by atoms with Crippen molar-refractivity contribution in [3.8, 4) is 11.3 Å². The van der Waals surface area contributed by atoms with Gasteiger partial charge in [-0.15, -0.1) is 0 Å². The first-order valence-corrected chi connectivity index (χ1v) is 10.5. The molecule has 1 fully saturated rings. The quantitative estimate of drug-likeness (QED) is 0.525. The lowest BCUT2D eigenvalue weighted by Gasteiger charge is -2.35. The van der Waals surface area contributed by atoms with E-state index in [1.54, 1.807) is 0 Å². The second kappa shape index (κ2) is 7.73. The van der Waals surface area contributed by atoms with Crippen molar-refractivity contribution in [3.05, 3.63) is 65.3 Å². The first kappa shape index (κ1) is 19.2. The number of aromatic nitrogens is 1. The van der Waals surface area contributed by atoms with E-state index in [2.05, 4.69) is 6.92 Å². The van der Waals surface area contributed by atoms with Gasteiger partial charge in [-0.2, -0.15) is 0 Å². The molecule has 0 amide bonds. The molecule has 1 aromatic carbocycles. The molecule has 28 heavy (non-hydrogen) atoms. The highest BCUT2D eigenvalue weighted by Gasteiger charge is 2.33. The standard InChI is InChI=1S/C24H26ClNO2/c1-17-7-5-12-24(28,16-17)13-11-22(27)19-15-21(18-8-3-2-4-9-18)26-14-6-10-20(25)23(19)26/h2-4,6,8-10,14-15,17,28H,5,7,11-13,16H2,1H3. The van der Waals surface area contributed by atoms with E-state index in [1.807, 2.05) is 59.1 Å². The van der Waals surface area contributed by atoms with Crippen molar-refractivity contribution in [1.29, 1.82) is 0 Å². The Morgan fingerprint density at radius 3 is 2.79 bits per heavy atom. The van der Waals surface area contributed by atoms with E-state index in [-0.39, 0.29) is 5.78 Å². The minimum atomic E-state index is -0.713. The van der Waals surface area contributed by atoms with Crippen LogP contribution in [-0.2, 0) is 0 Å². The Morgan fingerprint density at radius 1 is 1.25 bits per heavy atom. The summed E-state index contributed by atoms with van der Waals surface area (Å²) in [6.07, 6.45) is 6.56. The van der Waals surface area contributed by atoms with Crippen LogP contribution in [0.15, 0.2) is 54.7 Å². The third-order valence-corrected chi connectivity index (χ3v) is 6.30. The van der Waals surface area contributed by atoms with Crippen LogP contribution in [0, 0.1) is 5.92 Å². The van der Waals surface area contributed by atoms with Gasteiger partial charge >= 0.3 is 0 Å². The predicted octanol–water partition coefficient (Wildman–Crippen LogP) is 6.16. The Morgan fingerprint density at radius 2 is 2.04 bits per heavy atom. The van der Waals surface area contributed by atoms with E-state index >= 15 is 0 Å². The largest absolute Gasteiger partial charge is 0.390 e. The third kappa shape index (κ3) is 3.74. The highest BCUT2D eigenvalue weighted by Crippen LogP contribution is 2.37. The Hall–Kier alpha value is -2.10. The molecule has 146 valence electrons. The molecule has 1 aliphatic carbocycles. The Kier molecular flexibility index (Phi) is 5.31. The summed E-state index contributed by atoms with van der Waals surface area (Å²) in [6.45, 7) is 2.18. The van der Waals surface area contributed by atoms with Crippen molar-refractivity contribution >= 4 is 22.9 Å². The van der Waals surface area contributed by atoms with Gasteiger partial charge < -0.3 is 9.51 Å². The van der Waals surface area contributed by atoms with Gasteiger partial charge in [0, 0.05) is 18.2 Å². The number of hydrogen-bond donors (Lipinski definition) is 1. The van der Waals surface area contributed by atoms with Crippen molar-refractivity contribution in [2.24, 2.45) is 5.92 Å². The molecule has 0 saturated heterocycles. The number of hydrogen-bond acceptors (Lipinski definition) is 2. The lowest BCUT2D eigenvalue weighted by Crippen LogP contribution is -2.35. The van der Waals surface area contributed by atoms with E-state index in [0.717, 1.165) is 42.5 Å². The van der Waals surface area contributed by atoms with Gasteiger partial charge in [0.1, 0.15) is 0 Å². The van der Waals surface area contributed by atoms with Crippen LogP contribution in [0.1, 0.15) is 55.8 Å². The van der Waals surface area contributed by atoms with Crippen LogP contribution in [0.5, 0.6) is 0 Å². The molecular formula is C24H26ClNO2. The minimum Gasteiger partial charge on any atom is -0.390 e. The van der Waals surface area contributed by atoms with Gasteiger partial charge in [-0.3, -0.25) is 4.79 Å². The minimum absolute atomic E-state index is 0.0411. The number of carbonyl (C=O) groups excluding carboxylic acids is 1. The normalized spacial score (nSPS) is 22.5. The molecule has 2 aromatic heterocycles. The van der Waals surface area contributed by atoms with Crippen molar-refractivity contribution in [3.63, 3.8) is 0 Å². The second-order valence-electron chi connectivity index (χ2n) is 8.23. The monoisotopic (exact) mass is 395 g/mol. The fraction of sp³-hybridized carbons (Fsp3) is 0.375. The summed E-state index contributed by atoms with van der Waals surface area (Å²) in [7, 11) is 0. The highest BCUT2D eigenvalue weighted by atomic mass is 35.5. The van der Waals surface area contributed by atoms with Gasteiger partial charge in [0.2, 0.25) is 0 Å². The van der Waals surface area contributed by atoms with E-state index in [9.17, 15) is 9.90 Å². The topological polar surface area (TPSA) is 41.7 Å². The van der Waals surface area contributed by atoms with Crippen LogP contribution in [-0.4, -0.2) is 20.9 Å². The van der Waals surface area contributed by atoms with E-state index < -0.39 is 5.60 Å². The lowest BCUT2D eigenvalue weighted by molar-refractivity contribution is -0.0204. The van der Waals surface area contributed by atoms with Crippen LogP contribution in [0.3, 0.4) is 0 Å². The molecule has 2 heterocycles. The fourth-order valence-corrected chi connectivity index (χ4v) is 4.87. The third-order valence-electron chi connectivity index (χ3n) is 6.00. The smallest absolute Gasteiger partial charge is 0.165 e. The summed E-state index contributed by atoms with van der Waals surface area (Å²) in [5, 5.41) is 11.5. The van der Waals surface area contributed by atoms with Crippen LogP contribution in [0.25, 0.3) is 16.8 Å². The number of rotatable bonds is 5. The molecule has 0 spiro atoms.